The first-order valence-electron chi connectivity index (χ1n) is 11.1. The number of halogens is 1. The van der Waals surface area contributed by atoms with E-state index in [1.807, 2.05) is 6.92 Å². The van der Waals surface area contributed by atoms with Gasteiger partial charge in [0.15, 0.2) is 0 Å². The zero-order chi connectivity index (χ0) is 23.7. The van der Waals surface area contributed by atoms with Gasteiger partial charge >= 0.3 is 5.97 Å². The monoisotopic (exact) mass is 456 g/mol. The minimum atomic E-state index is -0.706. The summed E-state index contributed by atoms with van der Waals surface area (Å²) in [5.41, 5.74) is 4.10. The number of aryl methyl sites for hydroxylation is 1. The lowest BCUT2D eigenvalue weighted by molar-refractivity contribution is -0.132. The molecule has 1 unspecified atom stereocenters. The standard InChI is InChI=1S/C25H29FN2O5/c1-15-10-21(26)17(11-23(15)32-3)12-24(30)28-8-6-27(7-9-28)13-22(29)18-4-5-19-20(16(18)2)14-33-25(19)31/h4-5,10-11,22,29H,6-9,12-14H2,1-3H3. The van der Waals surface area contributed by atoms with Crippen molar-refractivity contribution in [3.05, 3.63) is 63.5 Å². The highest BCUT2D eigenvalue weighted by atomic mass is 19.1. The number of esters is 1. The highest BCUT2D eigenvalue weighted by molar-refractivity contribution is 5.94. The van der Waals surface area contributed by atoms with E-state index in [1.54, 1.807) is 30.0 Å². The zero-order valence-electron chi connectivity index (χ0n) is 19.2. The number of carbonyl (C=O) groups is 2. The van der Waals surface area contributed by atoms with Crippen LogP contribution in [0.15, 0.2) is 24.3 Å². The van der Waals surface area contributed by atoms with Gasteiger partial charge in [0.1, 0.15) is 18.2 Å². The molecule has 7 nitrogen and oxygen atoms in total. The molecule has 1 fully saturated rings. The lowest BCUT2D eigenvalue weighted by Gasteiger charge is -2.36. The van der Waals surface area contributed by atoms with Crippen LogP contribution >= 0.6 is 0 Å². The number of cyclic esters (lactones) is 1. The van der Waals surface area contributed by atoms with Crippen molar-refractivity contribution in [2.24, 2.45) is 0 Å². The third-order valence-corrected chi connectivity index (χ3v) is 6.63. The molecule has 2 heterocycles. The van der Waals surface area contributed by atoms with E-state index >= 15 is 0 Å². The first kappa shape index (κ1) is 23.2. The van der Waals surface area contributed by atoms with Crippen molar-refractivity contribution in [3.8, 4) is 5.75 Å². The van der Waals surface area contributed by atoms with E-state index in [-0.39, 0.29) is 24.9 Å². The molecule has 2 aliphatic heterocycles. The predicted octanol–water partition coefficient (Wildman–Crippen LogP) is 2.54. The highest BCUT2D eigenvalue weighted by Gasteiger charge is 2.28. The van der Waals surface area contributed by atoms with Crippen molar-refractivity contribution in [2.75, 3.05) is 39.8 Å². The number of ether oxygens (including phenoxy) is 2. The predicted molar refractivity (Wildman–Crippen MR) is 120 cm³/mol. The zero-order valence-corrected chi connectivity index (χ0v) is 19.2. The van der Waals surface area contributed by atoms with Gasteiger partial charge < -0.3 is 19.5 Å². The Hall–Kier alpha value is -2.97. The summed E-state index contributed by atoms with van der Waals surface area (Å²) < 4.78 is 24.6. The normalized spacial score (nSPS) is 17.0. The molecule has 0 spiro atoms. The molecule has 0 bridgehead atoms. The van der Waals surface area contributed by atoms with Gasteiger partial charge in [-0.3, -0.25) is 9.69 Å². The molecule has 0 radical (unpaired) electrons. The van der Waals surface area contributed by atoms with Gasteiger partial charge in [0, 0.05) is 43.9 Å². The maximum Gasteiger partial charge on any atom is 0.338 e. The number of β-amino-alcohol motifs (C(OH)–C–C–N with tert-alkyl or cyclic N) is 1. The van der Waals surface area contributed by atoms with Crippen molar-refractivity contribution in [3.63, 3.8) is 0 Å². The summed E-state index contributed by atoms with van der Waals surface area (Å²) in [6, 6.07) is 6.48. The number of benzene rings is 2. The van der Waals surface area contributed by atoms with Gasteiger partial charge in [0.05, 0.1) is 25.2 Å². The number of aliphatic hydroxyl groups is 1. The quantitative estimate of drug-likeness (QED) is 0.673. The molecule has 1 atom stereocenters. The number of nitrogens with zero attached hydrogens (tertiary/aromatic N) is 2. The summed E-state index contributed by atoms with van der Waals surface area (Å²) >= 11 is 0. The number of carbonyl (C=O) groups excluding carboxylic acids is 2. The smallest absolute Gasteiger partial charge is 0.338 e. The minimum absolute atomic E-state index is 0.0137. The lowest BCUT2D eigenvalue weighted by atomic mass is 9.95. The Morgan fingerprint density at radius 3 is 2.64 bits per heavy atom. The fourth-order valence-electron chi connectivity index (χ4n) is 4.58. The van der Waals surface area contributed by atoms with E-state index in [2.05, 4.69) is 4.90 Å². The first-order valence-corrected chi connectivity index (χ1v) is 11.1. The number of hydrogen-bond donors (Lipinski definition) is 1. The summed E-state index contributed by atoms with van der Waals surface area (Å²) in [6.45, 7) is 6.61. The maximum absolute atomic E-state index is 14.3. The van der Waals surface area contributed by atoms with Crippen LogP contribution in [0, 0.1) is 19.7 Å². The fraction of sp³-hybridized carbons (Fsp3) is 0.440. The average Bonchev–Trinajstić information content (AvgIpc) is 3.17. The van der Waals surface area contributed by atoms with E-state index in [0.717, 1.165) is 16.7 Å². The van der Waals surface area contributed by atoms with E-state index in [0.29, 0.717) is 55.2 Å². The molecule has 2 aromatic rings. The Bertz CT molecular complexity index is 1080. The number of aliphatic hydroxyl groups excluding tert-OH is 1. The Balaban J connectivity index is 1.33. The molecule has 0 aromatic heterocycles. The summed E-state index contributed by atoms with van der Waals surface area (Å²) in [5, 5.41) is 10.8. The van der Waals surface area contributed by atoms with Crippen LogP contribution < -0.4 is 4.74 Å². The van der Waals surface area contributed by atoms with E-state index in [9.17, 15) is 19.1 Å². The van der Waals surface area contributed by atoms with Crippen LogP contribution in [0.3, 0.4) is 0 Å². The summed E-state index contributed by atoms with van der Waals surface area (Å²) in [7, 11) is 1.52. The molecule has 33 heavy (non-hydrogen) atoms. The second kappa shape index (κ2) is 9.49. The highest BCUT2D eigenvalue weighted by Crippen LogP contribution is 2.29. The van der Waals surface area contributed by atoms with Crippen molar-refractivity contribution in [1.82, 2.24) is 9.80 Å². The number of rotatable bonds is 6. The Morgan fingerprint density at radius 2 is 1.94 bits per heavy atom. The molecule has 0 saturated carbocycles. The summed E-state index contributed by atoms with van der Waals surface area (Å²) in [6.07, 6.45) is -0.720. The molecule has 176 valence electrons. The van der Waals surface area contributed by atoms with E-state index in [4.69, 9.17) is 9.47 Å². The fourth-order valence-corrected chi connectivity index (χ4v) is 4.58. The second-order valence-electron chi connectivity index (χ2n) is 8.67. The second-order valence-corrected chi connectivity index (χ2v) is 8.67. The van der Waals surface area contributed by atoms with Gasteiger partial charge in [-0.15, -0.1) is 0 Å². The number of hydrogen-bond acceptors (Lipinski definition) is 6. The Morgan fingerprint density at radius 1 is 1.21 bits per heavy atom. The maximum atomic E-state index is 14.3. The number of amides is 1. The molecular weight excluding hydrogens is 427 g/mol. The molecule has 2 aliphatic rings. The van der Waals surface area contributed by atoms with Crippen LogP contribution in [0.1, 0.15) is 44.3 Å². The first-order chi connectivity index (χ1) is 15.8. The lowest BCUT2D eigenvalue weighted by Crippen LogP contribution is -2.50. The van der Waals surface area contributed by atoms with E-state index in [1.165, 1.54) is 13.2 Å². The summed E-state index contributed by atoms with van der Waals surface area (Å²) in [4.78, 5) is 28.3. The number of methoxy groups -OCH3 is 1. The number of piperazine rings is 1. The Kier molecular flexibility index (Phi) is 6.67. The van der Waals surface area contributed by atoms with Gasteiger partial charge in [-0.05, 0) is 48.7 Å². The van der Waals surface area contributed by atoms with Crippen molar-refractivity contribution in [1.29, 1.82) is 0 Å². The average molecular weight is 457 g/mol. The SMILES string of the molecule is COc1cc(CC(=O)N2CCN(CC(O)c3ccc4c(c3C)COC4=O)CC2)c(F)cc1C. The molecule has 1 saturated heterocycles. The van der Waals surface area contributed by atoms with Gasteiger partial charge in [0.25, 0.3) is 0 Å². The largest absolute Gasteiger partial charge is 0.496 e. The molecule has 0 aliphatic carbocycles. The van der Waals surface area contributed by atoms with Crippen LogP contribution in [-0.2, 0) is 22.6 Å². The summed E-state index contributed by atoms with van der Waals surface area (Å²) in [5.74, 6) is -0.283. The van der Waals surface area contributed by atoms with Crippen LogP contribution in [0.4, 0.5) is 4.39 Å². The third-order valence-electron chi connectivity index (χ3n) is 6.63. The van der Waals surface area contributed by atoms with Gasteiger partial charge in [-0.25, -0.2) is 9.18 Å². The molecule has 1 amide bonds. The Labute approximate surface area is 192 Å². The van der Waals surface area contributed by atoms with Gasteiger partial charge in [-0.1, -0.05) is 6.07 Å². The molecule has 4 rings (SSSR count). The van der Waals surface area contributed by atoms with Crippen LogP contribution in [0.2, 0.25) is 0 Å². The van der Waals surface area contributed by atoms with Crippen molar-refractivity contribution in [2.45, 2.75) is 33.0 Å². The van der Waals surface area contributed by atoms with E-state index < -0.39 is 11.9 Å². The molecule has 1 N–H and O–H groups in total. The molecule has 8 heteroatoms. The molecule has 2 aromatic carbocycles. The third kappa shape index (κ3) is 4.72. The molecular formula is C25H29FN2O5. The van der Waals surface area contributed by atoms with Crippen LogP contribution in [0.25, 0.3) is 0 Å². The van der Waals surface area contributed by atoms with Crippen LogP contribution in [0.5, 0.6) is 5.75 Å². The van der Waals surface area contributed by atoms with Gasteiger partial charge in [-0.2, -0.15) is 0 Å². The van der Waals surface area contributed by atoms with Crippen molar-refractivity contribution < 1.29 is 28.6 Å². The van der Waals surface area contributed by atoms with Crippen LogP contribution in [-0.4, -0.2) is 66.6 Å². The number of fused-ring (bicyclic) bond motifs is 1. The van der Waals surface area contributed by atoms with Crippen molar-refractivity contribution >= 4 is 11.9 Å². The van der Waals surface area contributed by atoms with Gasteiger partial charge in [0.2, 0.25) is 5.91 Å². The minimum Gasteiger partial charge on any atom is -0.496 e. The topological polar surface area (TPSA) is 79.3 Å².